The third-order valence-corrected chi connectivity index (χ3v) is 5.47. The van der Waals surface area contributed by atoms with Gasteiger partial charge in [0.2, 0.25) is 0 Å². The Morgan fingerprint density at radius 2 is 1.45 bits per heavy atom. The summed E-state index contributed by atoms with van der Waals surface area (Å²) in [5.74, 6) is -0.936. The summed E-state index contributed by atoms with van der Waals surface area (Å²) in [5, 5.41) is 3.82. The quantitative estimate of drug-likeness (QED) is 0.351. The number of hydrogen-bond acceptors (Lipinski definition) is 5. The van der Waals surface area contributed by atoms with Crippen LogP contribution in [0.3, 0.4) is 0 Å². The van der Waals surface area contributed by atoms with Gasteiger partial charge in [-0.25, -0.2) is 0 Å². The molecule has 0 aliphatic rings. The van der Waals surface area contributed by atoms with Gasteiger partial charge in [0.25, 0.3) is 5.91 Å². The lowest BCUT2D eigenvalue weighted by atomic mass is 10.1. The van der Waals surface area contributed by atoms with E-state index in [1.807, 2.05) is 55.4 Å². The largest absolute Gasteiger partial charge is 0.454 e. The zero-order valence-corrected chi connectivity index (χ0v) is 18.6. The van der Waals surface area contributed by atoms with Crippen molar-refractivity contribution < 1.29 is 14.3 Å². The number of pyridine rings is 1. The van der Waals surface area contributed by atoms with E-state index < -0.39 is 5.97 Å². The van der Waals surface area contributed by atoms with Crippen LogP contribution in [-0.4, -0.2) is 37.1 Å². The van der Waals surface area contributed by atoms with Crippen molar-refractivity contribution in [1.29, 1.82) is 0 Å². The minimum absolute atomic E-state index is 0.0798. The molecule has 7 nitrogen and oxygen atoms in total. The molecule has 0 aliphatic carbocycles. The molecule has 1 N–H and O–H groups in total. The number of carbonyl (C=O) groups is 2. The Balaban J connectivity index is 1.41. The number of fused-ring (bicyclic) bond motifs is 2. The van der Waals surface area contributed by atoms with E-state index in [0.717, 1.165) is 11.3 Å². The lowest BCUT2D eigenvalue weighted by Gasteiger charge is -2.15. The molecule has 0 atom stereocenters. The van der Waals surface area contributed by atoms with E-state index >= 15 is 0 Å². The molecule has 168 valence electrons. The average molecular weight is 444 g/mol. The number of nitrogens with one attached hydrogen (secondary N) is 1. The average Bonchev–Trinajstić information content (AvgIpc) is 2.84. The zero-order chi connectivity index (χ0) is 23.4. The third-order valence-electron chi connectivity index (χ3n) is 5.47. The van der Waals surface area contributed by atoms with Gasteiger partial charge in [0.15, 0.2) is 12.0 Å². The van der Waals surface area contributed by atoms with Gasteiger partial charge in [-0.2, -0.15) is 0 Å². The molecule has 0 fully saturated rings. The lowest BCUT2D eigenvalue weighted by molar-refractivity contribution is -0.149. The number of aromatic nitrogens is 1. The molecule has 33 heavy (non-hydrogen) atoms. The summed E-state index contributed by atoms with van der Waals surface area (Å²) in [7, 11) is 3.92. The first-order chi connectivity index (χ1) is 15.9. The molecule has 0 aliphatic heterocycles. The molecule has 3 aromatic carbocycles. The Morgan fingerprint density at radius 3 is 2.03 bits per heavy atom. The number of hydrogen-bond donors (Lipinski definition) is 1. The Labute approximate surface area is 191 Å². The van der Waals surface area contributed by atoms with Gasteiger partial charge in [-0.3, -0.25) is 14.4 Å². The van der Waals surface area contributed by atoms with Gasteiger partial charge < -0.3 is 19.5 Å². The van der Waals surface area contributed by atoms with Crippen molar-refractivity contribution in [2.24, 2.45) is 0 Å². The molecule has 0 bridgehead atoms. The number of ether oxygens (including phenoxy) is 1. The molecule has 0 saturated heterocycles. The van der Waals surface area contributed by atoms with Crippen LogP contribution in [0.15, 0.2) is 77.6 Å². The zero-order valence-electron chi connectivity index (χ0n) is 18.6. The van der Waals surface area contributed by atoms with Gasteiger partial charge in [0.05, 0.1) is 11.0 Å². The molecule has 0 spiro atoms. The molecular formula is C26H25N3O4. The maximum atomic E-state index is 12.8. The van der Waals surface area contributed by atoms with Crippen LogP contribution < -0.4 is 15.6 Å². The molecule has 7 heteroatoms. The minimum atomic E-state index is -0.556. The second-order valence-electron chi connectivity index (χ2n) is 7.95. The Hall–Kier alpha value is -4.13. The van der Waals surface area contributed by atoms with E-state index in [1.165, 1.54) is 0 Å². The first-order valence-corrected chi connectivity index (χ1v) is 10.6. The predicted octanol–water partition coefficient (Wildman–Crippen LogP) is 3.08. The summed E-state index contributed by atoms with van der Waals surface area (Å²) >= 11 is 0. The molecule has 4 rings (SSSR count). The van der Waals surface area contributed by atoms with Gasteiger partial charge in [-0.15, -0.1) is 0 Å². The highest BCUT2D eigenvalue weighted by molar-refractivity contribution is 5.94. The number of amides is 1. The van der Waals surface area contributed by atoms with Crippen molar-refractivity contribution in [3.63, 3.8) is 0 Å². The predicted molar refractivity (Wildman–Crippen MR) is 129 cm³/mol. The molecule has 4 aromatic rings. The Bertz CT molecular complexity index is 1310. The van der Waals surface area contributed by atoms with Crippen molar-refractivity contribution in [2.75, 3.05) is 25.6 Å². The monoisotopic (exact) mass is 443 g/mol. The smallest absolute Gasteiger partial charge is 0.326 e. The first kappa shape index (κ1) is 22.1. The van der Waals surface area contributed by atoms with Crippen LogP contribution in [-0.2, 0) is 27.4 Å². The fourth-order valence-electron chi connectivity index (χ4n) is 3.73. The maximum Gasteiger partial charge on any atom is 0.326 e. The van der Waals surface area contributed by atoms with E-state index in [9.17, 15) is 14.4 Å². The number of anilines is 1. The van der Waals surface area contributed by atoms with Crippen LogP contribution in [0.25, 0.3) is 21.8 Å². The molecule has 0 saturated carbocycles. The number of carbonyl (C=O) groups excluding carboxylic acids is 2. The minimum Gasteiger partial charge on any atom is -0.454 e. The van der Waals surface area contributed by atoms with Crippen LogP contribution in [0, 0.1) is 0 Å². The number of nitrogens with zero attached hydrogens (tertiary/aromatic N) is 2. The van der Waals surface area contributed by atoms with Gasteiger partial charge >= 0.3 is 5.97 Å². The SMILES string of the molecule is CN(C)c1ccc(CNC(=O)COC(=O)Cn2c3ccccc3c(=O)c3ccccc32)cc1. The summed E-state index contributed by atoms with van der Waals surface area (Å²) < 4.78 is 6.97. The van der Waals surface area contributed by atoms with Crippen molar-refractivity contribution in [3.8, 4) is 0 Å². The van der Waals surface area contributed by atoms with Gasteiger partial charge in [-0.1, -0.05) is 36.4 Å². The normalized spacial score (nSPS) is 10.8. The topological polar surface area (TPSA) is 80.6 Å². The number of benzene rings is 3. The van der Waals surface area contributed by atoms with Crippen LogP contribution in [0.5, 0.6) is 0 Å². The number of esters is 1. The number of rotatable bonds is 7. The van der Waals surface area contributed by atoms with Crippen molar-refractivity contribution in [1.82, 2.24) is 9.88 Å². The van der Waals surface area contributed by atoms with Gasteiger partial charge in [0.1, 0.15) is 6.54 Å². The fourth-order valence-corrected chi connectivity index (χ4v) is 3.73. The highest BCUT2D eigenvalue weighted by atomic mass is 16.5. The molecule has 1 heterocycles. The van der Waals surface area contributed by atoms with E-state index in [2.05, 4.69) is 5.32 Å². The van der Waals surface area contributed by atoms with E-state index in [-0.39, 0.29) is 24.5 Å². The fraction of sp³-hybridized carbons (Fsp3) is 0.192. The maximum absolute atomic E-state index is 12.8. The highest BCUT2D eigenvalue weighted by Crippen LogP contribution is 2.19. The first-order valence-electron chi connectivity index (χ1n) is 10.6. The van der Waals surface area contributed by atoms with E-state index in [1.54, 1.807) is 41.0 Å². The summed E-state index contributed by atoms with van der Waals surface area (Å²) in [4.78, 5) is 39.5. The summed E-state index contributed by atoms with van der Waals surface area (Å²) in [6, 6.07) is 22.1. The molecule has 0 radical (unpaired) electrons. The third kappa shape index (κ3) is 4.87. The van der Waals surface area contributed by atoms with Gasteiger partial charge in [-0.05, 0) is 42.0 Å². The van der Waals surface area contributed by atoms with Gasteiger partial charge in [0, 0.05) is 37.1 Å². The standard InChI is InChI=1S/C26H25N3O4/c1-28(2)19-13-11-18(12-14-19)15-27-24(30)17-33-25(31)16-29-22-9-5-3-7-20(22)26(32)21-8-4-6-10-23(21)29/h3-14H,15-17H2,1-2H3,(H,27,30). The second kappa shape index (κ2) is 9.56. The van der Waals surface area contributed by atoms with Crippen molar-refractivity contribution >= 4 is 39.4 Å². The van der Waals surface area contributed by atoms with Crippen molar-refractivity contribution in [3.05, 3.63) is 88.6 Å². The van der Waals surface area contributed by atoms with E-state index in [4.69, 9.17) is 4.74 Å². The van der Waals surface area contributed by atoms with Crippen LogP contribution in [0.1, 0.15) is 5.56 Å². The molecular weight excluding hydrogens is 418 g/mol. The molecule has 1 amide bonds. The highest BCUT2D eigenvalue weighted by Gasteiger charge is 2.14. The van der Waals surface area contributed by atoms with Crippen LogP contribution in [0.2, 0.25) is 0 Å². The van der Waals surface area contributed by atoms with Crippen LogP contribution in [0.4, 0.5) is 5.69 Å². The summed E-state index contributed by atoms with van der Waals surface area (Å²) in [6.45, 7) is -0.135. The molecule has 0 unspecified atom stereocenters. The van der Waals surface area contributed by atoms with E-state index in [0.29, 0.717) is 28.4 Å². The van der Waals surface area contributed by atoms with Crippen LogP contribution >= 0.6 is 0 Å². The Morgan fingerprint density at radius 1 is 0.879 bits per heavy atom. The number of para-hydroxylation sites is 2. The summed E-state index contributed by atoms with van der Waals surface area (Å²) in [5.41, 5.74) is 3.23. The second-order valence-corrected chi connectivity index (χ2v) is 7.95. The molecule has 1 aromatic heterocycles. The lowest BCUT2D eigenvalue weighted by Crippen LogP contribution is -2.29. The Kier molecular flexibility index (Phi) is 6.40. The van der Waals surface area contributed by atoms with Crippen molar-refractivity contribution in [2.45, 2.75) is 13.1 Å². The summed E-state index contributed by atoms with van der Waals surface area (Å²) in [6.07, 6.45) is 0.